The summed E-state index contributed by atoms with van der Waals surface area (Å²) in [6, 6.07) is 7.99. The van der Waals surface area contributed by atoms with Crippen LogP contribution in [0.5, 0.6) is 0 Å². The number of carboxylic acids is 1. The van der Waals surface area contributed by atoms with Gasteiger partial charge in [-0.1, -0.05) is 6.07 Å². The van der Waals surface area contributed by atoms with E-state index in [4.69, 9.17) is 5.11 Å². The molecule has 0 amide bonds. The van der Waals surface area contributed by atoms with Crippen LogP contribution in [-0.2, 0) is 10.0 Å². The van der Waals surface area contributed by atoms with Gasteiger partial charge in [0.1, 0.15) is 0 Å². The third-order valence-electron chi connectivity index (χ3n) is 2.20. The fraction of sp³-hybridized carbons (Fsp3) is 0. The zero-order valence-electron chi connectivity index (χ0n) is 9.52. The predicted molar refractivity (Wildman–Crippen MR) is 66.2 cm³/mol. The van der Waals surface area contributed by atoms with Crippen molar-refractivity contribution < 1.29 is 18.3 Å². The SMILES string of the molecule is O=C(O)c1cccc(S(=O)(=O)Nc2cccnn2)c1. The molecule has 2 rings (SSSR count). The second kappa shape index (κ2) is 5.02. The van der Waals surface area contributed by atoms with Gasteiger partial charge in [-0.05, 0) is 30.3 Å². The molecule has 98 valence electrons. The van der Waals surface area contributed by atoms with Crippen molar-refractivity contribution in [1.82, 2.24) is 10.2 Å². The summed E-state index contributed by atoms with van der Waals surface area (Å²) in [5, 5.41) is 16.0. The lowest BCUT2D eigenvalue weighted by Gasteiger charge is -2.06. The lowest BCUT2D eigenvalue weighted by molar-refractivity contribution is 0.0696. The van der Waals surface area contributed by atoms with E-state index in [2.05, 4.69) is 14.9 Å². The van der Waals surface area contributed by atoms with Crippen LogP contribution in [0.3, 0.4) is 0 Å². The summed E-state index contributed by atoms with van der Waals surface area (Å²) in [5.41, 5.74) is -0.109. The average Bonchev–Trinajstić information content (AvgIpc) is 2.39. The smallest absolute Gasteiger partial charge is 0.335 e. The third kappa shape index (κ3) is 3.05. The number of carbonyl (C=O) groups is 1. The van der Waals surface area contributed by atoms with Gasteiger partial charge in [0.25, 0.3) is 10.0 Å². The highest BCUT2D eigenvalue weighted by molar-refractivity contribution is 7.92. The van der Waals surface area contributed by atoms with Crippen molar-refractivity contribution >= 4 is 21.8 Å². The Morgan fingerprint density at radius 3 is 2.63 bits per heavy atom. The maximum atomic E-state index is 12.0. The number of aromatic carboxylic acids is 1. The highest BCUT2D eigenvalue weighted by Gasteiger charge is 2.16. The van der Waals surface area contributed by atoms with E-state index in [-0.39, 0.29) is 16.3 Å². The molecule has 0 atom stereocenters. The Kier molecular flexibility index (Phi) is 3.43. The van der Waals surface area contributed by atoms with E-state index >= 15 is 0 Å². The number of nitrogens with one attached hydrogen (secondary N) is 1. The van der Waals surface area contributed by atoms with Gasteiger partial charge in [-0.25, -0.2) is 13.2 Å². The molecule has 1 heterocycles. The third-order valence-corrected chi connectivity index (χ3v) is 3.55. The fourth-order valence-electron chi connectivity index (χ4n) is 1.35. The van der Waals surface area contributed by atoms with Crippen molar-refractivity contribution in [3.8, 4) is 0 Å². The normalized spacial score (nSPS) is 10.9. The molecule has 0 radical (unpaired) electrons. The summed E-state index contributed by atoms with van der Waals surface area (Å²) in [5.74, 6) is -1.14. The molecule has 1 aromatic heterocycles. The molecule has 0 saturated heterocycles. The van der Waals surface area contributed by atoms with E-state index < -0.39 is 16.0 Å². The lowest BCUT2D eigenvalue weighted by Crippen LogP contribution is -2.14. The summed E-state index contributed by atoms with van der Waals surface area (Å²) in [4.78, 5) is 10.6. The highest BCUT2D eigenvalue weighted by Crippen LogP contribution is 2.15. The maximum Gasteiger partial charge on any atom is 0.335 e. The van der Waals surface area contributed by atoms with E-state index in [1.807, 2.05) is 0 Å². The minimum Gasteiger partial charge on any atom is -0.478 e. The number of hydrogen-bond acceptors (Lipinski definition) is 5. The fourth-order valence-corrected chi connectivity index (χ4v) is 2.39. The standard InChI is InChI=1S/C11H9N3O4S/c15-11(16)8-3-1-4-9(7-8)19(17,18)14-10-5-2-6-12-13-10/h1-7H,(H,13,14)(H,15,16). The van der Waals surface area contributed by atoms with Gasteiger partial charge in [0, 0.05) is 6.20 Å². The Morgan fingerprint density at radius 1 is 1.21 bits per heavy atom. The first kappa shape index (κ1) is 13.0. The molecule has 8 heteroatoms. The van der Waals surface area contributed by atoms with Crippen LogP contribution < -0.4 is 4.72 Å². The van der Waals surface area contributed by atoms with Gasteiger partial charge >= 0.3 is 5.97 Å². The van der Waals surface area contributed by atoms with Crippen LogP contribution in [0.1, 0.15) is 10.4 Å². The average molecular weight is 279 g/mol. The summed E-state index contributed by atoms with van der Waals surface area (Å²) < 4.78 is 26.2. The molecular weight excluding hydrogens is 270 g/mol. The van der Waals surface area contributed by atoms with Gasteiger partial charge in [0.15, 0.2) is 5.82 Å². The van der Waals surface area contributed by atoms with Crippen LogP contribution in [-0.4, -0.2) is 29.7 Å². The summed E-state index contributed by atoms with van der Waals surface area (Å²) >= 11 is 0. The molecule has 0 fully saturated rings. The van der Waals surface area contributed by atoms with E-state index in [0.29, 0.717) is 0 Å². The van der Waals surface area contributed by atoms with E-state index in [1.165, 1.54) is 36.5 Å². The molecule has 0 aliphatic heterocycles. The van der Waals surface area contributed by atoms with Crippen molar-refractivity contribution in [2.45, 2.75) is 4.90 Å². The molecule has 0 spiro atoms. The van der Waals surface area contributed by atoms with Crippen LogP contribution in [0.2, 0.25) is 0 Å². The number of anilines is 1. The Bertz CT molecular complexity index is 701. The first-order chi connectivity index (χ1) is 8.99. The van der Waals surface area contributed by atoms with Gasteiger partial charge in [-0.3, -0.25) is 4.72 Å². The number of carboxylic acid groups (broad SMARTS) is 1. The summed E-state index contributed by atoms with van der Waals surface area (Å²) in [7, 11) is -3.89. The van der Waals surface area contributed by atoms with Crippen LogP contribution in [0.25, 0.3) is 0 Å². The van der Waals surface area contributed by atoms with Crippen LogP contribution in [0, 0.1) is 0 Å². The van der Waals surface area contributed by atoms with E-state index in [1.54, 1.807) is 0 Å². The summed E-state index contributed by atoms with van der Waals surface area (Å²) in [6.07, 6.45) is 1.41. The molecule has 19 heavy (non-hydrogen) atoms. The van der Waals surface area contributed by atoms with Crippen molar-refractivity contribution in [3.63, 3.8) is 0 Å². The second-order valence-corrected chi connectivity index (χ2v) is 5.23. The zero-order chi connectivity index (χ0) is 13.9. The molecule has 2 N–H and O–H groups in total. The second-order valence-electron chi connectivity index (χ2n) is 3.55. The zero-order valence-corrected chi connectivity index (χ0v) is 10.3. The lowest BCUT2D eigenvalue weighted by atomic mass is 10.2. The topological polar surface area (TPSA) is 109 Å². The number of rotatable bonds is 4. The Hall–Kier alpha value is -2.48. The molecule has 0 saturated carbocycles. The van der Waals surface area contributed by atoms with E-state index in [0.717, 1.165) is 6.07 Å². The van der Waals surface area contributed by atoms with Crippen LogP contribution in [0.15, 0.2) is 47.5 Å². The quantitative estimate of drug-likeness (QED) is 0.863. The van der Waals surface area contributed by atoms with Gasteiger partial charge in [-0.2, -0.15) is 5.10 Å². The van der Waals surface area contributed by atoms with Gasteiger partial charge in [-0.15, -0.1) is 5.10 Å². The molecule has 1 aromatic carbocycles. The number of sulfonamides is 1. The first-order valence-corrected chi connectivity index (χ1v) is 6.61. The Morgan fingerprint density at radius 2 is 2.00 bits per heavy atom. The highest BCUT2D eigenvalue weighted by atomic mass is 32.2. The van der Waals surface area contributed by atoms with Gasteiger partial charge in [0.2, 0.25) is 0 Å². The molecule has 2 aromatic rings. The van der Waals surface area contributed by atoms with Crippen molar-refractivity contribution in [3.05, 3.63) is 48.2 Å². The Labute approximate surface area is 109 Å². The first-order valence-electron chi connectivity index (χ1n) is 5.13. The maximum absolute atomic E-state index is 12.0. The number of hydrogen-bond donors (Lipinski definition) is 2. The number of benzene rings is 1. The predicted octanol–water partition coefficient (Wildman–Crippen LogP) is 0.976. The van der Waals surface area contributed by atoms with Crippen LogP contribution >= 0.6 is 0 Å². The minimum absolute atomic E-state index is 0.0585. The molecule has 0 bridgehead atoms. The van der Waals surface area contributed by atoms with Crippen LogP contribution in [0.4, 0.5) is 5.82 Å². The monoisotopic (exact) mass is 279 g/mol. The summed E-state index contributed by atoms with van der Waals surface area (Å²) in [6.45, 7) is 0. The molecule has 0 aliphatic carbocycles. The van der Waals surface area contributed by atoms with Crippen molar-refractivity contribution in [2.75, 3.05) is 4.72 Å². The molecule has 0 aliphatic rings. The van der Waals surface area contributed by atoms with Crippen molar-refractivity contribution in [2.24, 2.45) is 0 Å². The van der Waals surface area contributed by atoms with Crippen molar-refractivity contribution in [1.29, 1.82) is 0 Å². The minimum atomic E-state index is -3.89. The number of aromatic nitrogens is 2. The Balaban J connectivity index is 2.35. The largest absolute Gasteiger partial charge is 0.478 e. The van der Waals surface area contributed by atoms with Gasteiger partial charge < -0.3 is 5.11 Å². The molecule has 0 unspecified atom stereocenters. The van der Waals surface area contributed by atoms with E-state index in [9.17, 15) is 13.2 Å². The molecular formula is C11H9N3O4S. The van der Waals surface area contributed by atoms with Gasteiger partial charge in [0.05, 0.1) is 10.5 Å². The number of nitrogens with zero attached hydrogens (tertiary/aromatic N) is 2. The molecule has 7 nitrogen and oxygen atoms in total.